The molecule has 0 saturated carbocycles. The molecule has 2 aromatic carbocycles. The van der Waals surface area contributed by atoms with Crippen LogP contribution in [-0.2, 0) is 6.54 Å². The number of hydrogen-bond donors (Lipinski definition) is 1. The smallest absolute Gasteiger partial charge is 0.159 e. The number of anilines is 1. The summed E-state index contributed by atoms with van der Waals surface area (Å²) in [7, 11) is 0. The van der Waals surface area contributed by atoms with Crippen LogP contribution < -0.4 is 5.32 Å². The molecule has 2 aromatic rings. The quantitative estimate of drug-likeness (QED) is 0.822. The first-order chi connectivity index (χ1) is 8.97. The van der Waals surface area contributed by atoms with Crippen LogP contribution in [-0.4, -0.2) is 0 Å². The van der Waals surface area contributed by atoms with E-state index in [1.165, 1.54) is 6.07 Å². The minimum atomic E-state index is -0.868. The van der Waals surface area contributed by atoms with Crippen LogP contribution in [0, 0.1) is 18.6 Å². The maximum atomic E-state index is 13.1. The zero-order valence-corrected chi connectivity index (χ0v) is 11.6. The van der Waals surface area contributed by atoms with Gasteiger partial charge in [0.1, 0.15) is 0 Å². The van der Waals surface area contributed by atoms with E-state index in [4.69, 9.17) is 23.2 Å². The van der Waals surface area contributed by atoms with Crippen molar-refractivity contribution in [3.05, 3.63) is 63.1 Å². The lowest BCUT2D eigenvalue weighted by molar-refractivity contribution is 0.507. The van der Waals surface area contributed by atoms with Crippen molar-refractivity contribution in [2.75, 3.05) is 5.32 Å². The zero-order valence-electron chi connectivity index (χ0n) is 10.1. The van der Waals surface area contributed by atoms with E-state index in [9.17, 15) is 8.78 Å². The van der Waals surface area contributed by atoms with Crippen molar-refractivity contribution >= 4 is 28.9 Å². The van der Waals surface area contributed by atoms with Gasteiger partial charge >= 0.3 is 0 Å². The minimum absolute atomic E-state index is 0.330. The van der Waals surface area contributed by atoms with Gasteiger partial charge in [-0.05, 0) is 42.3 Å². The first-order valence-corrected chi connectivity index (χ1v) is 6.36. The fraction of sp³-hybridized carbons (Fsp3) is 0.143. The molecule has 0 aromatic heterocycles. The molecule has 0 radical (unpaired) electrons. The highest BCUT2D eigenvalue weighted by Gasteiger charge is 2.06. The molecule has 2 rings (SSSR count). The molecule has 0 amide bonds. The van der Waals surface area contributed by atoms with Crippen molar-refractivity contribution in [2.45, 2.75) is 13.5 Å². The van der Waals surface area contributed by atoms with E-state index in [0.717, 1.165) is 17.7 Å². The van der Waals surface area contributed by atoms with E-state index < -0.39 is 11.6 Å². The summed E-state index contributed by atoms with van der Waals surface area (Å²) in [6.45, 7) is 2.18. The molecule has 5 heteroatoms. The van der Waals surface area contributed by atoms with E-state index in [0.29, 0.717) is 27.8 Å². The van der Waals surface area contributed by atoms with Gasteiger partial charge in [-0.1, -0.05) is 29.3 Å². The number of nitrogens with one attached hydrogen (secondary N) is 1. The van der Waals surface area contributed by atoms with Gasteiger partial charge in [-0.2, -0.15) is 0 Å². The number of halogens is 4. The third-order valence-electron chi connectivity index (χ3n) is 2.72. The van der Waals surface area contributed by atoms with Crippen molar-refractivity contribution in [1.82, 2.24) is 0 Å². The van der Waals surface area contributed by atoms with E-state index in [1.807, 2.05) is 6.92 Å². The van der Waals surface area contributed by atoms with Crippen LogP contribution in [0.4, 0.5) is 14.5 Å². The molecule has 0 aliphatic rings. The van der Waals surface area contributed by atoms with Crippen LogP contribution in [0.2, 0.25) is 10.0 Å². The van der Waals surface area contributed by atoms with Gasteiger partial charge in [0.2, 0.25) is 0 Å². The molecule has 0 fully saturated rings. The fourth-order valence-corrected chi connectivity index (χ4v) is 2.08. The molecule has 0 aliphatic heterocycles. The molecule has 1 nitrogen and oxygen atoms in total. The molecule has 0 aliphatic carbocycles. The normalized spacial score (nSPS) is 10.6. The summed E-state index contributed by atoms with van der Waals surface area (Å²) in [5.41, 5.74) is 2.15. The third kappa shape index (κ3) is 3.37. The van der Waals surface area contributed by atoms with E-state index in [-0.39, 0.29) is 0 Å². The summed E-state index contributed by atoms with van der Waals surface area (Å²) in [6.07, 6.45) is 0. The fourth-order valence-electron chi connectivity index (χ4n) is 1.63. The van der Waals surface area contributed by atoms with Crippen molar-refractivity contribution < 1.29 is 8.78 Å². The molecule has 0 saturated heterocycles. The van der Waals surface area contributed by atoms with Gasteiger partial charge in [0, 0.05) is 11.6 Å². The average Bonchev–Trinajstić information content (AvgIpc) is 2.36. The standard InChI is InChI=1S/C14H11Cl2F2N/c1-8-4-11(16)14(6-10(8)15)19-7-9-2-3-12(17)13(18)5-9/h2-6,19H,7H2,1H3. The summed E-state index contributed by atoms with van der Waals surface area (Å²) in [5, 5.41) is 4.16. The zero-order chi connectivity index (χ0) is 14.0. The van der Waals surface area contributed by atoms with Gasteiger partial charge in [-0.15, -0.1) is 0 Å². The lowest BCUT2D eigenvalue weighted by Crippen LogP contribution is -2.01. The van der Waals surface area contributed by atoms with E-state index in [2.05, 4.69) is 5.32 Å². The SMILES string of the molecule is Cc1cc(Cl)c(NCc2ccc(F)c(F)c2)cc1Cl. The van der Waals surface area contributed by atoms with Crippen LogP contribution >= 0.6 is 23.2 Å². The van der Waals surface area contributed by atoms with Crippen molar-refractivity contribution in [3.63, 3.8) is 0 Å². The van der Waals surface area contributed by atoms with Crippen molar-refractivity contribution in [3.8, 4) is 0 Å². The predicted molar refractivity (Wildman–Crippen MR) is 74.9 cm³/mol. The van der Waals surface area contributed by atoms with Crippen LogP contribution in [0.25, 0.3) is 0 Å². The van der Waals surface area contributed by atoms with Crippen LogP contribution in [0.3, 0.4) is 0 Å². The Bertz CT molecular complexity index is 615. The second kappa shape index (κ2) is 5.76. The molecule has 19 heavy (non-hydrogen) atoms. The molecule has 0 heterocycles. The second-order valence-electron chi connectivity index (χ2n) is 4.18. The number of benzene rings is 2. The monoisotopic (exact) mass is 301 g/mol. The van der Waals surface area contributed by atoms with Crippen LogP contribution in [0.15, 0.2) is 30.3 Å². The van der Waals surface area contributed by atoms with E-state index in [1.54, 1.807) is 12.1 Å². The maximum Gasteiger partial charge on any atom is 0.159 e. The summed E-state index contributed by atoms with van der Waals surface area (Å²) in [5.74, 6) is -1.73. The summed E-state index contributed by atoms with van der Waals surface area (Å²) >= 11 is 12.1. The molecule has 100 valence electrons. The minimum Gasteiger partial charge on any atom is -0.380 e. The Hall–Kier alpha value is -1.32. The largest absolute Gasteiger partial charge is 0.380 e. The molecular formula is C14H11Cl2F2N. The van der Waals surface area contributed by atoms with Gasteiger partial charge in [0.25, 0.3) is 0 Å². The number of hydrogen-bond acceptors (Lipinski definition) is 1. The van der Waals surface area contributed by atoms with Gasteiger partial charge < -0.3 is 5.32 Å². The Morgan fingerprint density at radius 3 is 2.42 bits per heavy atom. The van der Waals surface area contributed by atoms with Gasteiger partial charge in [-0.25, -0.2) is 8.78 Å². The highest BCUT2D eigenvalue weighted by Crippen LogP contribution is 2.29. The Balaban J connectivity index is 2.14. The van der Waals surface area contributed by atoms with Crippen molar-refractivity contribution in [1.29, 1.82) is 0 Å². The Labute approximate surface area is 120 Å². The molecular weight excluding hydrogens is 291 g/mol. The molecule has 1 N–H and O–H groups in total. The Kier molecular flexibility index (Phi) is 4.27. The van der Waals surface area contributed by atoms with Gasteiger partial charge in [-0.3, -0.25) is 0 Å². The topological polar surface area (TPSA) is 12.0 Å². The second-order valence-corrected chi connectivity index (χ2v) is 5.00. The molecule has 0 bridgehead atoms. The van der Waals surface area contributed by atoms with Crippen molar-refractivity contribution in [2.24, 2.45) is 0 Å². The Morgan fingerprint density at radius 1 is 1.00 bits per heavy atom. The molecule has 0 spiro atoms. The number of rotatable bonds is 3. The van der Waals surface area contributed by atoms with Crippen LogP contribution in [0.5, 0.6) is 0 Å². The lowest BCUT2D eigenvalue weighted by Gasteiger charge is -2.10. The average molecular weight is 302 g/mol. The highest BCUT2D eigenvalue weighted by molar-refractivity contribution is 6.35. The summed E-state index contributed by atoms with van der Waals surface area (Å²) in [6, 6.07) is 7.20. The maximum absolute atomic E-state index is 13.1. The first kappa shape index (κ1) is 14.1. The van der Waals surface area contributed by atoms with E-state index >= 15 is 0 Å². The Morgan fingerprint density at radius 2 is 1.74 bits per heavy atom. The third-order valence-corrected chi connectivity index (χ3v) is 3.44. The van der Waals surface area contributed by atoms with Gasteiger partial charge in [0.15, 0.2) is 11.6 Å². The van der Waals surface area contributed by atoms with Crippen LogP contribution in [0.1, 0.15) is 11.1 Å². The lowest BCUT2D eigenvalue weighted by atomic mass is 10.2. The predicted octanol–water partition coefficient (Wildman–Crippen LogP) is 5.19. The highest BCUT2D eigenvalue weighted by atomic mass is 35.5. The summed E-state index contributed by atoms with van der Waals surface area (Å²) < 4.78 is 25.8. The molecule has 0 unspecified atom stereocenters. The summed E-state index contributed by atoms with van der Waals surface area (Å²) in [4.78, 5) is 0. The molecule has 0 atom stereocenters. The number of aryl methyl sites for hydroxylation is 1. The first-order valence-electron chi connectivity index (χ1n) is 5.61. The van der Waals surface area contributed by atoms with Gasteiger partial charge in [0.05, 0.1) is 10.7 Å².